The Morgan fingerprint density at radius 3 is 2.69 bits per heavy atom. The number of ether oxygens (including phenoxy) is 2. The Morgan fingerprint density at radius 1 is 1.19 bits per heavy atom. The first kappa shape index (κ1) is 17.6. The summed E-state index contributed by atoms with van der Waals surface area (Å²) in [4.78, 5) is 26.4. The van der Waals surface area contributed by atoms with Crippen LogP contribution in [0.4, 0.5) is 17.1 Å². The van der Waals surface area contributed by atoms with Crippen molar-refractivity contribution in [3.05, 3.63) is 42.5 Å². The van der Waals surface area contributed by atoms with Gasteiger partial charge in [-0.2, -0.15) is 0 Å². The molecule has 0 aliphatic carbocycles. The predicted octanol–water partition coefficient (Wildman–Crippen LogP) is 2.49. The lowest BCUT2D eigenvalue weighted by Crippen LogP contribution is -2.47. The maximum absolute atomic E-state index is 13.0. The molecule has 0 saturated heterocycles. The zero-order valence-electron chi connectivity index (χ0n) is 14.9. The second-order valence-electron chi connectivity index (χ2n) is 5.92. The summed E-state index contributed by atoms with van der Waals surface area (Å²) in [5, 5.41) is 5.93. The van der Waals surface area contributed by atoms with Gasteiger partial charge in [0.05, 0.1) is 31.3 Å². The molecule has 0 radical (unpaired) electrons. The van der Waals surface area contributed by atoms with E-state index in [-0.39, 0.29) is 18.4 Å². The fraction of sp³-hybridized carbons (Fsp3) is 0.263. The van der Waals surface area contributed by atoms with Crippen molar-refractivity contribution in [3.8, 4) is 11.5 Å². The van der Waals surface area contributed by atoms with Crippen LogP contribution in [-0.4, -0.2) is 38.6 Å². The molecule has 0 bridgehead atoms. The van der Waals surface area contributed by atoms with Crippen molar-refractivity contribution in [2.75, 3.05) is 36.3 Å². The Kier molecular flexibility index (Phi) is 4.97. The fourth-order valence-corrected chi connectivity index (χ4v) is 2.88. The molecule has 2 amide bonds. The molecule has 7 nitrogen and oxygen atoms in total. The molecule has 26 heavy (non-hydrogen) atoms. The number of amides is 2. The smallest absolute Gasteiger partial charge is 0.249 e. The summed E-state index contributed by atoms with van der Waals surface area (Å²) in [6.45, 7) is 1.74. The van der Waals surface area contributed by atoms with E-state index in [2.05, 4.69) is 10.6 Å². The number of fused-ring (bicyclic) bond motifs is 1. The van der Waals surface area contributed by atoms with Gasteiger partial charge in [0.15, 0.2) is 0 Å². The van der Waals surface area contributed by atoms with Gasteiger partial charge in [-0.25, -0.2) is 0 Å². The SMILES string of the molecule is COc1ccc(N[C@@H](C)C(=O)N2CC(=O)Nc3ccccc32)c(OC)c1. The lowest BCUT2D eigenvalue weighted by molar-refractivity contribution is -0.122. The molecule has 2 N–H and O–H groups in total. The highest BCUT2D eigenvalue weighted by Gasteiger charge is 2.29. The Labute approximate surface area is 151 Å². The van der Waals surface area contributed by atoms with E-state index in [1.54, 1.807) is 45.4 Å². The van der Waals surface area contributed by atoms with Crippen molar-refractivity contribution in [1.82, 2.24) is 0 Å². The number of nitrogens with one attached hydrogen (secondary N) is 2. The van der Waals surface area contributed by atoms with Crippen LogP contribution in [0.1, 0.15) is 6.92 Å². The van der Waals surface area contributed by atoms with Gasteiger partial charge in [-0.3, -0.25) is 14.5 Å². The molecule has 1 heterocycles. The van der Waals surface area contributed by atoms with E-state index in [4.69, 9.17) is 9.47 Å². The van der Waals surface area contributed by atoms with Crippen LogP contribution in [-0.2, 0) is 9.59 Å². The Hall–Kier alpha value is -3.22. The molecule has 0 fully saturated rings. The third kappa shape index (κ3) is 3.42. The fourth-order valence-electron chi connectivity index (χ4n) is 2.88. The first-order chi connectivity index (χ1) is 12.5. The van der Waals surface area contributed by atoms with Crippen molar-refractivity contribution in [3.63, 3.8) is 0 Å². The highest BCUT2D eigenvalue weighted by atomic mass is 16.5. The van der Waals surface area contributed by atoms with Gasteiger partial charge in [0.25, 0.3) is 0 Å². The van der Waals surface area contributed by atoms with E-state index in [0.717, 1.165) is 0 Å². The third-order valence-electron chi connectivity index (χ3n) is 4.19. The van der Waals surface area contributed by atoms with E-state index in [1.165, 1.54) is 4.90 Å². The van der Waals surface area contributed by atoms with Crippen LogP contribution in [0, 0.1) is 0 Å². The van der Waals surface area contributed by atoms with Crippen molar-refractivity contribution >= 4 is 28.9 Å². The van der Waals surface area contributed by atoms with Gasteiger partial charge in [-0.15, -0.1) is 0 Å². The second kappa shape index (κ2) is 7.35. The summed E-state index contributed by atoms with van der Waals surface area (Å²) >= 11 is 0. The van der Waals surface area contributed by atoms with Gasteiger partial charge >= 0.3 is 0 Å². The maximum Gasteiger partial charge on any atom is 0.249 e. The molecule has 0 aromatic heterocycles. The molecule has 0 spiro atoms. The standard InChI is InChI=1S/C19H21N3O4/c1-12(20-15-9-8-13(25-2)10-17(15)26-3)19(24)22-11-18(23)21-14-6-4-5-7-16(14)22/h4-10,12,20H,11H2,1-3H3,(H,21,23)/t12-/m0/s1. The van der Waals surface area contributed by atoms with Gasteiger partial charge in [0.2, 0.25) is 11.8 Å². The van der Waals surface area contributed by atoms with Crippen LogP contribution < -0.4 is 25.0 Å². The van der Waals surface area contributed by atoms with Gasteiger partial charge in [-0.05, 0) is 31.2 Å². The third-order valence-corrected chi connectivity index (χ3v) is 4.19. The average Bonchev–Trinajstić information content (AvgIpc) is 2.66. The van der Waals surface area contributed by atoms with E-state index >= 15 is 0 Å². The molecule has 1 aliphatic rings. The maximum atomic E-state index is 13.0. The summed E-state index contributed by atoms with van der Waals surface area (Å²) in [5.74, 6) is 0.810. The zero-order chi connectivity index (χ0) is 18.7. The minimum Gasteiger partial charge on any atom is -0.497 e. The first-order valence-electron chi connectivity index (χ1n) is 8.22. The van der Waals surface area contributed by atoms with Gasteiger partial charge in [-0.1, -0.05) is 12.1 Å². The average molecular weight is 355 g/mol. The number of rotatable bonds is 5. The zero-order valence-corrected chi connectivity index (χ0v) is 14.9. The molecule has 136 valence electrons. The molecule has 1 aliphatic heterocycles. The summed E-state index contributed by atoms with van der Waals surface area (Å²) < 4.78 is 10.5. The van der Waals surface area contributed by atoms with Crippen LogP contribution in [0.3, 0.4) is 0 Å². The van der Waals surface area contributed by atoms with Crippen LogP contribution in [0.15, 0.2) is 42.5 Å². The van der Waals surface area contributed by atoms with Gasteiger partial charge in [0, 0.05) is 6.07 Å². The largest absolute Gasteiger partial charge is 0.497 e. The number of carbonyl (C=O) groups is 2. The van der Waals surface area contributed by atoms with Crippen molar-refractivity contribution < 1.29 is 19.1 Å². The first-order valence-corrected chi connectivity index (χ1v) is 8.22. The van der Waals surface area contributed by atoms with Crippen LogP contribution in [0.2, 0.25) is 0 Å². The number of hydrogen-bond donors (Lipinski definition) is 2. The quantitative estimate of drug-likeness (QED) is 0.861. The molecule has 7 heteroatoms. The summed E-state index contributed by atoms with van der Waals surface area (Å²) in [7, 11) is 3.13. The predicted molar refractivity (Wildman–Crippen MR) is 100 cm³/mol. The lowest BCUT2D eigenvalue weighted by Gasteiger charge is -2.31. The Balaban J connectivity index is 1.82. The molecule has 0 saturated carbocycles. The molecular weight excluding hydrogens is 334 g/mol. The highest BCUT2D eigenvalue weighted by Crippen LogP contribution is 2.32. The highest BCUT2D eigenvalue weighted by molar-refractivity contribution is 6.11. The van der Waals surface area contributed by atoms with E-state index in [0.29, 0.717) is 28.6 Å². The molecular formula is C19H21N3O4. The lowest BCUT2D eigenvalue weighted by atomic mass is 10.1. The van der Waals surface area contributed by atoms with Crippen LogP contribution in [0.5, 0.6) is 11.5 Å². The minimum atomic E-state index is -0.559. The second-order valence-corrected chi connectivity index (χ2v) is 5.92. The topological polar surface area (TPSA) is 79.9 Å². The van der Waals surface area contributed by atoms with E-state index in [1.807, 2.05) is 18.2 Å². The van der Waals surface area contributed by atoms with Crippen molar-refractivity contribution in [2.24, 2.45) is 0 Å². The van der Waals surface area contributed by atoms with Crippen LogP contribution in [0.25, 0.3) is 0 Å². The van der Waals surface area contributed by atoms with Crippen molar-refractivity contribution in [1.29, 1.82) is 0 Å². The van der Waals surface area contributed by atoms with Crippen LogP contribution >= 0.6 is 0 Å². The summed E-state index contributed by atoms with van der Waals surface area (Å²) in [6.07, 6.45) is 0. The molecule has 2 aromatic carbocycles. The number of benzene rings is 2. The van der Waals surface area contributed by atoms with Gasteiger partial charge < -0.3 is 20.1 Å². The number of hydrogen-bond acceptors (Lipinski definition) is 5. The van der Waals surface area contributed by atoms with E-state index < -0.39 is 6.04 Å². The number of anilines is 3. The monoisotopic (exact) mass is 355 g/mol. The molecule has 0 unspecified atom stereocenters. The normalized spacial score (nSPS) is 14.1. The Morgan fingerprint density at radius 2 is 1.96 bits per heavy atom. The summed E-state index contributed by atoms with van der Waals surface area (Å²) in [6, 6.07) is 12.0. The number of methoxy groups -OCH3 is 2. The molecule has 2 aromatic rings. The Bertz CT molecular complexity index is 837. The number of para-hydroxylation sites is 2. The number of carbonyl (C=O) groups excluding carboxylic acids is 2. The molecule has 1 atom stereocenters. The van der Waals surface area contributed by atoms with E-state index in [9.17, 15) is 9.59 Å². The minimum absolute atomic E-state index is 0.0123. The van der Waals surface area contributed by atoms with Gasteiger partial charge in [0.1, 0.15) is 24.1 Å². The number of nitrogens with zero attached hydrogens (tertiary/aromatic N) is 1. The van der Waals surface area contributed by atoms with Crippen molar-refractivity contribution in [2.45, 2.75) is 13.0 Å². The molecule has 3 rings (SSSR count). The summed E-state index contributed by atoms with van der Waals surface area (Å²) in [5.41, 5.74) is 1.99.